The maximum absolute atomic E-state index is 15.9. The van der Waals surface area contributed by atoms with E-state index in [1.54, 1.807) is 9.80 Å². The van der Waals surface area contributed by atoms with Gasteiger partial charge >= 0.3 is 0 Å². The fraction of sp³-hybridized carbons (Fsp3) is 0.375. The topological polar surface area (TPSA) is 94.4 Å². The number of pyridine rings is 2. The van der Waals surface area contributed by atoms with E-state index in [0.29, 0.717) is 42.5 Å². The molecule has 11 heteroatoms. The molecule has 9 nitrogen and oxygen atoms in total. The number of amidine groups is 1. The van der Waals surface area contributed by atoms with Crippen molar-refractivity contribution < 1.29 is 23.4 Å². The summed E-state index contributed by atoms with van der Waals surface area (Å²) in [6.45, 7) is 14.9. The van der Waals surface area contributed by atoms with Gasteiger partial charge in [0, 0.05) is 31.4 Å². The van der Waals surface area contributed by atoms with E-state index < -0.39 is 29.8 Å². The molecule has 2 unspecified atom stereocenters. The van der Waals surface area contributed by atoms with Gasteiger partial charge < -0.3 is 19.6 Å². The molecular weight excluding hydrogens is 554 g/mol. The Balaban J connectivity index is 1.56. The molecule has 1 fully saturated rings. The van der Waals surface area contributed by atoms with Crippen LogP contribution < -0.4 is 4.90 Å². The summed E-state index contributed by atoms with van der Waals surface area (Å²) in [7, 11) is 0. The highest BCUT2D eigenvalue weighted by Crippen LogP contribution is 2.47. The third kappa shape index (κ3) is 4.71. The van der Waals surface area contributed by atoms with Gasteiger partial charge in [0.25, 0.3) is 0 Å². The first-order valence-corrected chi connectivity index (χ1v) is 14.4. The van der Waals surface area contributed by atoms with Crippen LogP contribution in [0.2, 0.25) is 0 Å². The molecule has 6 rings (SSSR count). The standard InChI is InChI=1S/C32H34F2N6O3/c1-7-25(42)38-11-12-39(18(5)15-38)30-20-14-22(34)28(26-21(33)9-8-10-24(26)41)36-31(20)40-29-17(4)13-23(16(2)3)35-27(29)19(6)43-32(40)37-30/h7-10,13-14,16,18-19,32,41H,1,11-12,15H2,2-6H3/t18-,19?,32?/m0/s1. The number of aliphatic imine (C=N–C) groups is 1. The third-order valence-electron chi connectivity index (χ3n) is 8.27. The predicted molar refractivity (Wildman–Crippen MR) is 159 cm³/mol. The number of ether oxygens (including phenoxy) is 1. The van der Waals surface area contributed by atoms with Crippen LogP contribution in [0, 0.1) is 18.6 Å². The summed E-state index contributed by atoms with van der Waals surface area (Å²) in [6, 6.07) is 6.93. The monoisotopic (exact) mass is 588 g/mol. The molecule has 2 aromatic heterocycles. The van der Waals surface area contributed by atoms with Gasteiger partial charge in [0.15, 0.2) is 5.82 Å². The first-order valence-electron chi connectivity index (χ1n) is 14.4. The zero-order valence-corrected chi connectivity index (χ0v) is 24.8. The number of fused-ring (bicyclic) bond motifs is 5. The Labute approximate surface area is 249 Å². The molecule has 3 aliphatic rings. The Morgan fingerprint density at radius 1 is 1.16 bits per heavy atom. The molecule has 0 aliphatic carbocycles. The third-order valence-corrected chi connectivity index (χ3v) is 8.27. The number of phenolic OH excluding ortho intramolecular Hbond substituents is 1. The van der Waals surface area contributed by atoms with Crippen LogP contribution in [0.1, 0.15) is 62.2 Å². The van der Waals surface area contributed by atoms with E-state index in [9.17, 15) is 9.90 Å². The number of nitrogens with zero attached hydrogens (tertiary/aromatic N) is 6. The number of aromatic nitrogens is 2. The maximum Gasteiger partial charge on any atom is 0.246 e. The minimum Gasteiger partial charge on any atom is -0.507 e. The fourth-order valence-electron chi connectivity index (χ4n) is 6.08. The van der Waals surface area contributed by atoms with Crippen LogP contribution >= 0.6 is 0 Å². The molecule has 1 saturated heterocycles. The molecule has 3 atom stereocenters. The average Bonchev–Trinajstić information content (AvgIpc) is 2.96. The van der Waals surface area contributed by atoms with Crippen molar-refractivity contribution in [1.82, 2.24) is 19.8 Å². The SMILES string of the molecule is C=CC(=O)N1CCN(C2=NC3OC(C)c4nc(C(C)C)cc(C)c4N3c3nc(-c4c(O)cccc4F)c(F)cc32)[C@@H](C)C1. The fourth-order valence-corrected chi connectivity index (χ4v) is 6.08. The Bertz CT molecular complexity index is 1650. The lowest BCUT2D eigenvalue weighted by Gasteiger charge is -2.46. The van der Waals surface area contributed by atoms with E-state index in [4.69, 9.17) is 19.7 Å². The van der Waals surface area contributed by atoms with Gasteiger partial charge in [-0.1, -0.05) is 26.5 Å². The summed E-state index contributed by atoms with van der Waals surface area (Å²) in [5.74, 6) is -1.24. The second kappa shape index (κ2) is 10.7. The Morgan fingerprint density at radius 2 is 1.93 bits per heavy atom. The normalized spacial score (nSPS) is 21.3. The van der Waals surface area contributed by atoms with Crippen LogP contribution in [0.15, 0.2) is 48.0 Å². The summed E-state index contributed by atoms with van der Waals surface area (Å²) in [6.07, 6.45) is 0.0215. The highest BCUT2D eigenvalue weighted by molar-refractivity contribution is 6.06. The van der Waals surface area contributed by atoms with Gasteiger partial charge in [-0.3, -0.25) is 14.7 Å². The number of phenols is 1. The summed E-state index contributed by atoms with van der Waals surface area (Å²) in [5.41, 5.74) is 3.02. The molecule has 0 saturated carbocycles. The largest absolute Gasteiger partial charge is 0.507 e. The zero-order chi connectivity index (χ0) is 30.7. The molecular formula is C32H34F2N6O3. The van der Waals surface area contributed by atoms with Gasteiger partial charge in [0.2, 0.25) is 12.3 Å². The number of rotatable bonds is 3. The van der Waals surface area contributed by atoms with Crippen LogP contribution in [-0.4, -0.2) is 68.6 Å². The molecule has 0 spiro atoms. The lowest BCUT2D eigenvalue weighted by atomic mass is 9.99. The molecule has 1 amide bonds. The van der Waals surface area contributed by atoms with E-state index in [1.807, 2.05) is 31.7 Å². The quantitative estimate of drug-likeness (QED) is 0.401. The Hall–Kier alpha value is -4.38. The molecule has 1 N–H and O–H groups in total. The van der Waals surface area contributed by atoms with Crippen molar-refractivity contribution in [2.45, 2.75) is 59.0 Å². The Kier molecular flexibility index (Phi) is 7.16. The molecule has 5 heterocycles. The van der Waals surface area contributed by atoms with Crippen molar-refractivity contribution >= 4 is 23.2 Å². The van der Waals surface area contributed by atoms with Crippen LogP contribution in [0.4, 0.5) is 20.3 Å². The molecule has 43 heavy (non-hydrogen) atoms. The van der Waals surface area contributed by atoms with Crippen LogP contribution in [-0.2, 0) is 9.53 Å². The summed E-state index contributed by atoms with van der Waals surface area (Å²) < 4.78 is 37.4. The van der Waals surface area contributed by atoms with Crippen molar-refractivity contribution in [3.63, 3.8) is 0 Å². The zero-order valence-electron chi connectivity index (χ0n) is 24.8. The van der Waals surface area contributed by atoms with Gasteiger partial charge in [-0.05, 0) is 62.6 Å². The summed E-state index contributed by atoms with van der Waals surface area (Å²) >= 11 is 0. The van der Waals surface area contributed by atoms with E-state index in [0.717, 1.165) is 23.0 Å². The first kappa shape index (κ1) is 28.7. The molecule has 3 aliphatic heterocycles. The number of halogens is 2. The number of anilines is 2. The van der Waals surface area contributed by atoms with Crippen molar-refractivity contribution in [2.75, 3.05) is 24.5 Å². The van der Waals surface area contributed by atoms with Crippen molar-refractivity contribution in [1.29, 1.82) is 0 Å². The maximum atomic E-state index is 15.9. The van der Waals surface area contributed by atoms with E-state index in [-0.39, 0.29) is 29.1 Å². The van der Waals surface area contributed by atoms with Crippen LogP contribution in [0.3, 0.4) is 0 Å². The van der Waals surface area contributed by atoms with E-state index in [1.165, 1.54) is 24.3 Å². The molecule has 0 bridgehead atoms. The minimum absolute atomic E-state index is 0.157. The minimum atomic E-state index is -0.865. The average molecular weight is 589 g/mol. The predicted octanol–water partition coefficient (Wildman–Crippen LogP) is 5.55. The summed E-state index contributed by atoms with van der Waals surface area (Å²) in [4.78, 5) is 32.5. The second-order valence-electron chi connectivity index (χ2n) is 11.5. The summed E-state index contributed by atoms with van der Waals surface area (Å²) in [5, 5.41) is 10.5. The number of hydrogen-bond acceptors (Lipinski definition) is 8. The first-order chi connectivity index (χ1) is 20.5. The van der Waals surface area contributed by atoms with Crippen molar-refractivity contribution in [2.24, 2.45) is 4.99 Å². The van der Waals surface area contributed by atoms with Gasteiger partial charge in [0.05, 0.1) is 22.5 Å². The lowest BCUT2D eigenvalue weighted by molar-refractivity contribution is -0.128. The highest BCUT2D eigenvalue weighted by Gasteiger charge is 2.43. The Morgan fingerprint density at radius 3 is 2.60 bits per heavy atom. The van der Waals surface area contributed by atoms with Gasteiger partial charge in [-0.2, -0.15) is 0 Å². The van der Waals surface area contributed by atoms with Gasteiger partial charge in [-0.15, -0.1) is 0 Å². The molecule has 1 aromatic carbocycles. The number of amides is 1. The van der Waals surface area contributed by atoms with E-state index >= 15 is 8.78 Å². The van der Waals surface area contributed by atoms with E-state index in [2.05, 4.69) is 20.4 Å². The highest BCUT2D eigenvalue weighted by atomic mass is 19.1. The molecule has 3 aromatic rings. The number of carbonyl (C=O) groups is 1. The van der Waals surface area contributed by atoms with Crippen molar-refractivity contribution in [3.05, 3.63) is 77.1 Å². The number of hydrogen-bond donors (Lipinski definition) is 1. The van der Waals surface area contributed by atoms with Crippen LogP contribution in [0.25, 0.3) is 11.3 Å². The number of benzene rings is 1. The second-order valence-corrected chi connectivity index (χ2v) is 11.5. The van der Waals surface area contributed by atoms with Crippen molar-refractivity contribution in [3.8, 4) is 17.0 Å². The molecule has 224 valence electrons. The number of aryl methyl sites for hydroxylation is 1. The van der Waals surface area contributed by atoms with Gasteiger partial charge in [-0.25, -0.2) is 18.8 Å². The number of aromatic hydroxyl groups is 1. The smallest absolute Gasteiger partial charge is 0.246 e. The van der Waals surface area contributed by atoms with Crippen LogP contribution in [0.5, 0.6) is 5.75 Å². The van der Waals surface area contributed by atoms with Gasteiger partial charge in [0.1, 0.15) is 35.0 Å². The lowest BCUT2D eigenvalue weighted by Crippen LogP contribution is -2.57. The number of piperazine rings is 1. The number of carbonyl (C=O) groups excluding carboxylic acids is 1. The molecule has 0 radical (unpaired) electrons.